The number of carbonyl (C=O) groups excluding carboxylic acids is 1. The molecule has 2 rings (SSSR count). The quantitative estimate of drug-likeness (QED) is 0.844. The van der Waals surface area contributed by atoms with Crippen LogP contribution in [-0.2, 0) is 0 Å². The van der Waals surface area contributed by atoms with Crippen molar-refractivity contribution >= 4 is 11.7 Å². The lowest BCUT2D eigenvalue weighted by Gasteiger charge is -2.34. The maximum Gasteiger partial charge on any atom is 0.319 e. The van der Waals surface area contributed by atoms with Gasteiger partial charge in [-0.1, -0.05) is 45.4 Å². The van der Waals surface area contributed by atoms with Crippen LogP contribution in [0.15, 0.2) is 30.3 Å². The maximum atomic E-state index is 12.4. The van der Waals surface area contributed by atoms with Crippen molar-refractivity contribution in [2.45, 2.75) is 39.8 Å². The monoisotopic (exact) mass is 289 g/mol. The van der Waals surface area contributed by atoms with Crippen LogP contribution in [0.25, 0.3) is 0 Å². The number of unbranched alkanes of at least 4 members (excludes halogenated alkanes) is 1. The molecule has 1 unspecified atom stereocenters. The van der Waals surface area contributed by atoms with E-state index in [2.05, 4.69) is 55.3 Å². The lowest BCUT2D eigenvalue weighted by atomic mass is 10.1. The first-order chi connectivity index (χ1) is 10.1. The number of nitrogens with zero attached hydrogens (tertiary/aromatic N) is 2. The van der Waals surface area contributed by atoms with Crippen molar-refractivity contribution in [1.29, 1.82) is 0 Å². The van der Waals surface area contributed by atoms with Gasteiger partial charge in [0.15, 0.2) is 0 Å². The Morgan fingerprint density at radius 2 is 2.00 bits per heavy atom. The molecule has 1 N–H and O–H groups in total. The summed E-state index contributed by atoms with van der Waals surface area (Å²) in [5, 5.41) is 3.04. The van der Waals surface area contributed by atoms with E-state index in [1.54, 1.807) is 0 Å². The van der Waals surface area contributed by atoms with Crippen LogP contribution < -0.4 is 10.2 Å². The molecular formula is C17H27N3O. The van der Waals surface area contributed by atoms with Crippen LogP contribution in [-0.4, -0.2) is 36.7 Å². The SMILES string of the molecule is CCCCNC(=O)N1CCN(c2ccccc2)C1C(C)C. The highest BCUT2D eigenvalue weighted by atomic mass is 16.2. The molecule has 0 radical (unpaired) electrons. The average Bonchev–Trinajstić information content (AvgIpc) is 2.93. The minimum Gasteiger partial charge on any atom is -0.349 e. The number of rotatable bonds is 5. The number of hydrogen-bond acceptors (Lipinski definition) is 2. The van der Waals surface area contributed by atoms with Gasteiger partial charge in [0, 0.05) is 25.3 Å². The summed E-state index contributed by atoms with van der Waals surface area (Å²) in [4.78, 5) is 16.7. The summed E-state index contributed by atoms with van der Waals surface area (Å²) in [7, 11) is 0. The van der Waals surface area contributed by atoms with Crippen molar-refractivity contribution in [2.75, 3.05) is 24.5 Å². The van der Waals surface area contributed by atoms with Crippen LogP contribution in [0, 0.1) is 5.92 Å². The fourth-order valence-electron chi connectivity index (χ4n) is 2.96. The predicted molar refractivity (Wildman–Crippen MR) is 87.4 cm³/mol. The van der Waals surface area contributed by atoms with Crippen LogP contribution in [0.5, 0.6) is 0 Å². The topological polar surface area (TPSA) is 35.6 Å². The minimum absolute atomic E-state index is 0.0700. The van der Waals surface area contributed by atoms with Crippen molar-refractivity contribution in [3.05, 3.63) is 30.3 Å². The number of nitrogens with one attached hydrogen (secondary N) is 1. The van der Waals surface area contributed by atoms with E-state index in [4.69, 9.17) is 0 Å². The summed E-state index contributed by atoms with van der Waals surface area (Å²) >= 11 is 0. The molecule has 1 saturated heterocycles. The van der Waals surface area contributed by atoms with E-state index >= 15 is 0 Å². The van der Waals surface area contributed by atoms with Gasteiger partial charge in [-0.25, -0.2) is 4.79 Å². The number of para-hydroxylation sites is 1. The Morgan fingerprint density at radius 3 is 2.62 bits per heavy atom. The Balaban J connectivity index is 2.08. The zero-order valence-electron chi connectivity index (χ0n) is 13.4. The molecule has 1 fully saturated rings. The van der Waals surface area contributed by atoms with Gasteiger partial charge in [0.2, 0.25) is 0 Å². The van der Waals surface area contributed by atoms with Crippen LogP contribution in [0.2, 0.25) is 0 Å². The predicted octanol–water partition coefficient (Wildman–Crippen LogP) is 3.30. The molecule has 4 heteroatoms. The molecule has 1 aliphatic rings. The molecule has 116 valence electrons. The molecule has 0 saturated carbocycles. The highest BCUT2D eigenvalue weighted by Crippen LogP contribution is 2.27. The van der Waals surface area contributed by atoms with Crippen molar-refractivity contribution < 1.29 is 4.79 Å². The Kier molecular flexibility index (Phi) is 5.48. The van der Waals surface area contributed by atoms with E-state index in [-0.39, 0.29) is 12.2 Å². The van der Waals surface area contributed by atoms with Crippen LogP contribution in [0.3, 0.4) is 0 Å². The molecule has 0 aromatic heterocycles. The van der Waals surface area contributed by atoms with Crippen LogP contribution >= 0.6 is 0 Å². The number of amides is 2. The molecule has 4 nitrogen and oxygen atoms in total. The van der Waals surface area contributed by atoms with E-state index in [1.807, 2.05) is 11.0 Å². The Bertz CT molecular complexity index is 447. The van der Waals surface area contributed by atoms with Gasteiger partial charge in [-0.15, -0.1) is 0 Å². The lowest BCUT2D eigenvalue weighted by Crippen LogP contribution is -2.49. The standard InChI is InChI=1S/C17H27N3O/c1-4-5-11-18-17(21)20-13-12-19(16(20)14(2)3)15-9-7-6-8-10-15/h6-10,14,16H,4-5,11-13H2,1-3H3,(H,18,21). The fourth-order valence-corrected chi connectivity index (χ4v) is 2.96. The molecular weight excluding hydrogens is 262 g/mol. The van der Waals surface area contributed by atoms with Gasteiger partial charge in [0.1, 0.15) is 6.17 Å². The second kappa shape index (κ2) is 7.34. The van der Waals surface area contributed by atoms with Crippen LogP contribution in [0.4, 0.5) is 10.5 Å². The first-order valence-corrected chi connectivity index (χ1v) is 8.01. The highest BCUT2D eigenvalue weighted by molar-refractivity contribution is 5.76. The molecule has 1 atom stereocenters. The zero-order chi connectivity index (χ0) is 15.2. The zero-order valence-corrected chi connectivity index (χ0v) is 13.4. The highest BCUT2D eigenvalue weighted by Gasteiger charge is 2.36. The average molecular weight is 289 g/mol. The summed E-state index contributed by atoms with van der Waals surface area (Å²) in [6.07, 6.45) is 2.27. The van der Waals surface area contributed by atoms with Gasteiger partial charge in [0.05, 0.1) is 0 Å². The largest absolute Gasteiger partial charge is 0.349 e. The summed E-state index contributed by atoms with van der Waals surface area (Å²) in [6.45, 7) is 8.94. The van der Waals surface area contributed by atoms with Crippen molar-refractivity contribution in [1.82, 2.24) is 10.2 Å². The van der Waals surface area contributed by atoms with E-state index in [1.165, 1.54) is 5.69 Å². The van der Waals surface area contributed by atoms with Gasteiger partial charge in [0.25, 0.3) is 0 Å². The second-order valence-electron chi connectivity index (χ2n) is 5.97. The number of benzene rings is 1. The third-order valence-electron chi connectivity index (χ3n) is 3.97. The Labute approximate surface area is 128 Å². The molecule has 21 heavy (non-hydrogen) atoms. The van der Waals surface area contributed by atoms with E-state index in [0.717, 1.165) is 32.5 Å². The summed E-state index contributed by atoms with van der Waals surface area (Å²) < 4.78 is 0. The first-order valence-electron chi connectivity index (χ1n) is 8.01. The fraction of sp³-hybridized carbons (Fsp3) is 0.588. The number of hydrogen-bond donors (Lipinski definition) is 1. The van der Waals surface area contributed by atoms with Gasteiger partial charge in [-0.05, 0) is 24.5 Å². The smallest absolute Gasteiger partial charge is 0.319 e. The summed E-state index contributed by atoms with van der Waals surface area (Å²) in [6, 6.07) is 10.4. The van der Waals surface area contributed by atoms with E-state index in [9.17, 15) is 4.79 Å². The number of urea groups is 1. The van der Waals surface area contributed by atoms with Crippen molar-refractivity contribution in [3.8, 4) is 0 Å². The molecule has 0 spiro atoms. The maximum absolute atomic E-state index is 12.4. The Morgan fingerprint density at radius 1 is 1.29 bits per heavy atom. The van der Waals surface area contributed by atoms with Crippen molar-refractivity contribution in [3.63, 3.8) is 0 Å². The number of carbonyl (C=O) groups is 1. The second-order valence-corrected chi connectivity index (χ2v) is 5.97. The Hall–Kier alpha value is -1.71. The van der Waals surface area contributed by atoms with Crippen LogP contribution in [0.1, 0.15) is 33.6 Å². The minimum atomic E-state index is 0.0700. The van der Waals surface area contributed by atoms with Gasteiger partial charge in [-0.2, -0.15) is 0 Å². The third kappa shape index (κ3) is 3.69. The van der Waals surface area contributed by atoms with Gasteiger partial charge < -0.3 is 15.1 Å². The first kappa shape index (κ1) is 15.7. The van der Waals surface area contributed by atoms with Gasteiger partial charge >= 0.3 is 6.03 Å². The summed E-state index contributed by atoms with van der Waals surface area (Å²) in [5.41, 5.74) is 1.19. The van der Waals surface area contributed by atoms with Gasteiger partial charge in [-0.3, -0.25) is 0 Å². The molecule has 1 aromatic carbocycles. The molecule has 1 heterocycles. The number of anilines is 1. The summed E-state index contributed by atoms with van der Waals surface area (Å²) in [5.74, 6) is 0.393. The van der Waals surface area contributed by atoms with E-state index < -0.39 is 0 Å². The normalized spacial score (nSPS) is 18.4. The molecule has 0 bridgehead atoms. The molecule has 2 amide bonds. The lowest BCUT2D eigenvalue weighted by molar-refractivity contribution is 0.179. The molecule has 1 aliphatic heterocycles. The third-order valence-corrected chi connectivity index (χ3v) is 3.97. The molecule has 1 aromatic rings. The molecule has 0 aliphatic carbocycles. The van der Waals surface area contributed by atoms with E-state index in [0.29, 0.717) is 5.92 Å². The van der Waals surface area contributed by atoms with Crippen molar-refractivity contribution in [2.24, 2.45) is 5.92 Å².